The minimum absolute atomic E-state index is 0.0846. The number of anilines is 3. The van der Waals surface area contributed by atoms with E-state index in [1.54, 1.807) is 23.6 Å². The third-order valence-electron chi connectivity index (χ3n) is 4.26. The molecule has 0 saturated heterocycles. The number of hydrogen-bond acceptors (Lipinski definition) is 7. The SMILES string of the molecule is COc1ccccc1NC(=O)Nc1nc(CC(=O)Nc2nc3ccc(C)cc3s2)cs1. The second-order valence-corrected chi connectivity index (χ2v) is 8.53. The molecule has 0 unspecified atom stereocenters. The number of rotatable bonds is 6. The number of nitrogens with zero attached hydrogens (tertiary/aromatic N) is 2. The van der Waals surface area contributed by atoms with E-state index in [1.807, 2.05) is 31.2 Å². The molecule has 8 nitrogen and oxygen atoms in total. The molecule has 3 N–H and O–H groups in total. The van der Waals surface area contributed by atoms with Gasteiger partial charge in [-0.2, -0.15) is 0 Å². The molecular formula is C21H19N5O3S2. The van der Waals surface area contributed by atoms with Crippen molar-refractivity contribution in [2.45, 2.75) is 13.3 Å². The molecule has 158 valence electrons. The molecule has 0 saturated carbocycles. The second-order valence-electron chi connectivity index (χ2n) is 6.64. The lowest BCUT2D eigenvalue weighted by Gasteiger charge is -2.09. The fraction of sp³-hybridized carbons (Fsp3) is 0.143. The zero-order valence-electron chi connectivity index (χ0n) is 16.8. The first-order chi connectivity index (χ1) is 15.0. The maximum atomic E-state index is 12.4. The molecule has 0 aliphatic rings. The van der Waals surface area contributed by atoms with E-state index in [4.69, 9.17) is 4.74 Å². The van der Waals surface area contributed by atoms with Gasteiger partial charge < -0.3 is 15.4 Å². The van der Waals surface area contributed by atoms with Crippen molar-refractivity contribution in [3.63, 3.8) is 0 Å². The molecule has 0 bridgehead atoms. The van der Waals surface area contributed by atoms with Crippen LogP contribution in [0.15, 0.2) is 47.8 Å². The summed E-state index contributed by atoms with van der Waals surface area (Å²) in [5.74, 6) is 0.338. The monoisotopic (exact) mass is 453 g/mol. The smallest absolute Gasteiger partial charge is 0.325 e. The summed E-state index contributed by atoms with van der Waals surface area (Å²) in [6.45, 7) is 2.02. The lowest BCUT2D eigenvalue weighted by Crippen LogP contribution is -2.20. The van der Waals surface area contributed by atoms with Gasteiger partial charge in [-0.1, -0.05) is 29.5 Å². The highest BCUT2D eigenvalue weighted by Gasteiger charge is 2.13. The predicted octanol–water partition coefficient (Wildman–Crippen LogP) is 4.90. The summed E-state index contributed by atoms with van der Waals surface area (Å²) in [7, 11) is 1.53. The largest absolute Gasteiger partial charge is 0.495 e. The molecule has 2 aromatic carbocycles. The molecule has 3 amide bonds. The molecule has 0 radical (unpaired) electrons. The van der Waals surface area contributed by atoms with E-state index >= 15 is 0 Å². The molecule has 31 heavy (non-hydrogen) atoms. The number of benzene rings is 2. The van der Waals surface area contributed by atoms with Crippen molar-refractivity contribution < 1.29 is 14.3 Å². The van der Waals surface area contributed by atoms with Gasteiger partial charge in [0.25, 0.3) is 0 Å². The van der Waals surface area contributed by atoms with Gasteiger partial charge in [0.05, 0.1) is 35.1 Å². The molecule has 4 aromatic rings. The van der Waals surface area contributed by atoms with Crippen LogP contribution >= 0.6 is 22.7 Å². The minimum Gasteiger partial charge on any atom is -0.495 e. The van der Waals surface area contributed by atoms with Crippen LogP contribution < -0.4 is 20.7 Å². The number of para-hydroxylation sites is 2. The number of methoxy groups -OCH3 is 1. The molecule has 0 aliphatic carbocycles. The minimum atomic E-state index is -0.445. The number of amides is 3. The molecular weight excluding hydrogens is 434 g/mol. The van der Waals surface area contributed by atoms with Crippen LogP contribution in [0.2, 0.25) is 0 Å². The molecule has 4 rings (SSSR count). The third kappa shape index (κ3) is 5.16. The van der Waals surface area contributed by atoms with Crippen LogP contribution in [0, 0.1) is 6.92 Å². The van der Waals surface area contributed by atoms with Gasteiger partial charge in [0.1, 0.15) is 5.75 Å². The fourth-order valence-corrected chi connectivity index (χ4v) is 4.54. The lowest BCUT2D eigenvalue weighted by molar-refractivity contribution is -0.115. The Morgan fingerprint density at radius 2 is 1.87 bits per heavy atom. The van der Waals surface area contributed by atoms with E-state index in [-0.39, 0.29) is 12.3 Å². The van der Waals surface area contributed by atoms with Crippen molar-refractivity contribution in [2.24, 2.45) is 0 Å². The number of aryl methyl sites for hydroxylation is 1. The average Bonchev–Trinajstić information content (AvgIpc) is 3.33. The Morgan fingerprint density at radius 1 is 1.03 bits per heavy atom. The Bertz CT molecular complexity index is 1250. The van der Waals surface area contributed by atoms with Gasteiger partial charge in [-0.25, -0.2) is 14.8 Å². The molecule has 2 heterocycles. The molecule has 0 fully saturated rings. The highest BCUT2D eigenvalue weighted by atomic mass is 32.1. The van der Waals surface area contributed by atoms with Crippen LogP contribution in [-0.2, 0) is 11.2 Å². The van der Waals surface area contributed by atoms with Gasteiger partial charge >= 0.3 is 6.03 Å². The van der Waals surface area contributed by atoms with Gasteiger partial charge in [0, 0.05) is 5.38 Å². The summed E-state index contributed by atoms with van der Waals surface area (Å²) in [4.78, 5) is 33.3. The summed E-state index contributed by atoms with van der Waals surface area (Å²) >= 11 is 2.68. The zero-order chi connectivity index (χ0) is 21.8. The van der Waals surface area contributed by atoms with Gasteiger partial charge in [0.2, 0.25) is 5.91 Å². The zero-order valence-corrected chi connectivity index (χ0v) is 18.4. The number of thiazole rings is 2. The van der Waals surface area contributed by atoms with Crippen LogP contribution in [0.25, 0.3) is 10.2 Å². The number of aromatic nitrogens is 2. The number of hydrogen-bond donors (Lipinski definition) is 3. The van der Waals surface area contributed by atoms with Crippen LogP contribution in [0.4, 0.5) is 20.7 Å². The maximum absolute atomic E-state index is 12.4. The van der Waals surface area contributed by atoms with Gasteiger partial charge in [0.15, 0.2) is 10.3 Å². The third-order valence-corrected chi connectivity index (χ3v) is 6.00. The van der Waals surface area contributed by atoms with Crippen molar-refractivity contribution in [2.75, 3.05) is 23.1 Å². The highest BCUT2D eigenvalue weighted by Crippen LogP contribution is 2.27. The van der Waals surface area contributed by atoms with E-state index in [1.165, 1.54) is 29.8 Å². The Morgan fingerprint density at radius 3 is 2.71 bits per heavy atom. The predicted molar refractivity (Wildman–Crippen MR) is 124 cm³/mol. The molecule has 10 heteroatoms. The highest BCUT2D eigenvalue weighted by molar-refractivity contribution is 7.22. The molecule has 2 aromatic heterocycles. The Kier molecular flexibility index (Phi) is 6.10. The van der Waals surface area contributed by atoms with Crippen LogP contribution in [0.1, 0.15) is 11.3 Å². The van der Waals surface area contributed by atoms with E-state index < -0.39 is 6.03 Å². The Hall–Kier alpha value is -3.50. The summed E-state index contributed by atoms with van der Waals surface area (Å²) in [5.41, 5.74) is 3.11. The number of carbonyl (C=O) groups excluding carboxylic acids is 2. The van der Waals surface area contributed by atoms with Crippen molar-refractivity contribution in [3.05, 3.63) is 59.1 Å². The van der Waals surface area contributed by atoms with E-state index in [0.29, 0.717) is 27.4 Å². The number of carbonyl (C=O) groups is 2. The number of fused-ring (bicyclic) bond motifs is 1. The first-order valence-electron chi connectivity index (χ1n) is 9.32. The molecule has 0 aliphatic heterocycles. The van der Waals surface area contributed by atoms with E-state index in [2.05, 4.69) is 25.9 Å². The van der Waals surface area contributed by atoms with Crippen LogP contribution in [-0.4, -0.2) is 29.0 Å². The summed E-state index contributed by atoms with van der Waals surface area (Å²) in [6, 6.07) is 12.6. The van der Waals surface area contributed by atoms with E-state index in [9.17, 15) is 9.59 Å². The molecule has 0 spiro atoms. The van der Waals surface area contributed by atoms with Gasteiger partial charge in [-0.3, -0.25) is 10.1 Å². The fourth-order valence-electron chi connectivity index (χ4n) is 2.86. The first-order valence-corrected chi connectivity index (χ1v) is 11.0. The standard InChI is InChI=1S/C21H19N5O3S2/c1-12-7-8-15-17(9-12)31-21(24-15)25-18(27)10-13-11-30-20(22-13)26-19(28)23-14-5-3-4-6-16(14)29-2/h3-9,11H,10H2,1-2H3,(H,24,25,27)(H2,22,23,26,28). The lowest BCUT2D eigenvalue weighted by atomic mass is 10.2. The Labute approximate surface area is 186 Å². The normalized spacial score (nSPS) is 10.6. The maximum Gasteiger partial charge on any atom is 0.325 e. The van der Waals surface area contributed by atoms with Crippen molar-refractivity contribution in [1.29, 1.82) is 0 Å². The summed E-state index contributed by atoms with van der Waals surface area (Å²) in [5, 5.41) is 10.9. The van der Waals surface area contributed by atoms with Crippen molar-refractivity contribution >= 4 is 60.8 Å². The van der Waals surface area contributed by atoms with Crippen LogP contribution in [0.3, 0.4) is 0 Å². The first kappa shape index (κ1) is 20.8. The number of nitrogens with one attached hydrogen (secondary N) is 3. The van der Waals surface area contributed by atoms with Crippen molar-refractivity contribution in [3.8, 4) is 5.75 Å². The summed E-state index contributed by atoms with van der Waals surface area (Å²) in [6.07, 6.45) is 0.0846. The average molecular weight is 454 g/mol. The Balaban J connectivity index is 1.33. The second kappa shape index (κ2) is 9.11. The topological polar surface area (TPSA) is 105 Å². The quantitative estimate of drug-likeness (QED) is 0.385. The number of urea groups is 1. The molecule has 0 atom stereocenters. The van der Waals surface area contributed by atoms with Crippen LogP contribution in [0.5, 0.6) is 5.75 Å². The number of ether oxygens (including phenoxy) is 1. The van der Waals surface area contributed by atoms with E-state index in [0.717, 1.165) is 15.8 Å². The van der Waals surface area contributed by atoms with Gasteiger partial charge in [-0.15, -0.1) is 11.3 Å². The van der Waals surface area contributed by atoms with Crippen molar-refractivity contribution in [1.82, 2.24) is 9.97 Å². The summed E-state index contributed by atoms with van der Waals surface area (Å²) < 4.78 is 6.24. The van der Waals surface area contributed by atoms with Gasteiger partial charge in [-0.05, 0) is 36.8 Å².